The van der Waals surface area contributed by atoms with Gasteiger partial charge in [-0.05, 0) is 0 Å². The molecule has 0 N–H and O–H groups in total. The predicted octanol–water partition coefficient (Wildman–Crippen LogP) is -0.747. The number of carbonyl (C=O) groups is 4. The molecule has 1 aliphatic rings. The van der Waals surface area contributed by atoms with Crippen LogP contribution in [0.1, 0.15) is 19.3 Å². The molecule has 2 radical (unpaired) electrons. The zero-order valence-corrected chi connectivity index (χ0v) is 10.3. The summed E-state index contributed by atoms with van der Waals surface area (Å²) in [5.41, 5.74) is 0. The van der Waals surface area contributed by atoms with Crippen LogP contribution in [0.2, 0.25) is 0 Å². The molecule has 1 rings (SSSR count). The molecule has 19 heavy (non-hydrogen) atoms. The van der Waals surface area contributed by atoms with Crippen molar-refractivity contribution in [3.8, 4) is 0 Å². The summed E-state index contributed by atoms with van der Waals surface area (Å²) in [4.78, 5) is 49.2. The molecule has 1 aliphatic heterocycles. The second-order valence-corrected chi connectivity index (χ2v) is 3.71. The molecule has 1 saturated heterocycles. The van der Waals surface area contributed by atoms with Gasteiger partial charge in [-0.1, -0.05) is 0 Å². The fourth-order valence-electron chi connectivity index (χ4n) is 1.32. The molecule has 8 heteroatoms. The van der Waals surface area contributed by atoms with E-state index in [9.17, 15) is 19.2 Å². The van der Waals surface area contributed by atoms with Gasteiger partial charge in [0.05, 0.1) is 6.42 Å². The highest BCUT2D eigenvalue weighted by Crippen LogP contribution is 2.13. The summed E-state index contributed by atoms with van der Waals surface area (Å²) in [7, 11) is 1.30. The number of carbonyl (C=O) groups excluding carboxylic acids is 4. The lowest BCUT2D eigenvalue weighted by atomic mass is 10.3. The van der Waals surface area contributed by atoms with Crippen LogP contribution < -0.4 is 0 Å². The Labute approximate surface area is 109 Å². The Hall–Kier alpha value is -1.96. The molecule has 1 unspecified atom stereocenters. The maximum atomic E-state index is 11.4. The van der Waals surface area contributed by atoms with E-state index in [1.54, 1.807) is 0 Å². The molecule has 8 nitrogen and oxygen atoms in total. The molecule has 2 amide bonds. The molecule has 0 saturated carbocycles. The maximum absolute atomic E-state index is 11.4. The van der Waals surface area contributed by atoms with E-state index < -0.39 is 36.3 Å². The summed E-state index contributed by atoms with van der Waals surface area (Å²) in [6, 6.07) is 0. The first kappa shape index (κ1) is 15.1. The highest BCUT2D eigenvalue weighted by molar-refractivity contribution is 6.01. The zero-order valence-electron chi connectivity index (χ0n) is 10.3. The SMILES string of the molecule is [CH]C(CC(=O)ON1C(=O)CCC1=O)OC(=O)COC. The molecule has 0 aromatic heterocycles. The molecule has 104 valence electrons. The molecule has 1 atom stereocenters. The average molecular weight is 271 g/mol. The van der Waals surface area contributed by atoms with E-state index in [0.717, 1.165) is 0 Å². The van der Waals surface area contributed by atoms with Crippen molar-refractivity contribution in [1.82, 2.24) is 5.06 Å². The molecule has 0 aromatic rings. The first-order valence-electron chi connectivity index (χ1n) is 5.44. The molecule has 0 aromatic carbocycles. The van der Waals surface area contributed by atoms with Crippen molar-refractivity contribution in [1.29, 1.82) is 0 Å². The first-order chi connectivity index (χ1) is 8.93. The molecular formula is C11H13NO7. The van der Waals surface area contributed by atoms with Gasteiger partial charge in [0.2, 0.25) is 0 Å². The fraction of sp³-hybridized carbons (Fsp3) is 0.545. The fourth-order valence-corrected chi connectivity index (χ4v) is 1.32. The van der Waals surface area contributed by atoms with E-state index in [1.165, 1.54) is 7.11 Å². The summed E-state index contributed by atoms with van der Waals surface area (Å²) in [5, 5.41) is 0.395. The van der Waals surface area contributed by atoms with E-state index in [-0.39, 0.29) is 19.4 Å². The minimum absolute atomic E-state index is 0.000984. The quantitative estimate of drug-likeness (QED) is 0.463. The summed E-state index contributed by atoms with van der Waals surface area (Å²) in [6.45, 7) is 5.06. The van der Waals surface area contributed by atoms with E-state index in [1.807, 2.05) is 0 Å². The Kier molecular flexibility index (Phi) is 5.43. The monoisotopic (exact) mass is 271 g/mol. The van der Waals surface area contributed by atoms with Gasteiger partial charge in [-0.3, -0.25) is 9.59 Å². The van der Waals surface area contributed by atoms with Crippen LogP contribution in [0.25, 0.3) is 0 Å². The topological polar surface area (TPSA) is 99.2 Å². The van der Waals surface area contributed by atoms with E-state index >= 15 is 0 Å². The van der Waals surface area contributed by atoms with Gasteiger partial charge in [-0.15, -0.1) is 5.06 Å². The average Bonchev–Trinajstić information content (AvgIpc) is 2.60. The Bertz CT molecular complexity index is 377. The minimum atomic E-state index is -1.23. The first-order valence-corrected chi connectivity index (χ1v) is 5.44. The highest BCUT2D eigenvalue weighted by Gasteiger charge is 2.33. The Morgan fingerprint density at radius 2 is 1.84 bits per heavy atom. The Balaban J connectivity index is 2.36. The minimum Gasteiger partial charge on any atom is -0.460 e. The third-order valence-electron chi connectivity index (χ3n) is 2.11. The van der Waals surface area contributed by atoms with Gasteiger partial charge in [0.1, 0.15) is 12.7 Å². The van der Waals surface area contributed by atoms with Crippen LogP contribution in [0.15, 0.2) is 0 Å². The van der Waals surface area contributed by atoms with Crippen molar-refractivity contribution in [3.63, 3.8) is 0 Å². The molecular weight excluding hydrogens is 258 g/mol. The summed E-state index contributed by atoms with van der Waals surface area (Å²) in [5.74, 6) is -2.87. The summed E-state index contributed by atoms with van der Waals surface area (Å²) >= 11 is 0. The van der Waals surface area contributed by atoms with Crippen LogP contribution in [0.3, 0.4) is 0 Å². The molecule has 1 heterocycles. The van der Waals surface area contributed by atoms with Gasteiger partial charge in [0.15, 0.2) is 0 Å². The van der Waals surface area contributed by atoms with Gasteiger partial charge in [0.25, 0.3) is 11.8 Å². The Morgan fingerprint density at radius 1 is 1.26 bits per heavy atom. The second-order valence-electron chi connectivity index (χ2n) is 3.71. The maximum Gasteiger partial charge on any atom is 0.336 e. The van der Waals surface area contributed by atoms with Gasteiger partial charge < -0.3 is 14.3 Å². The van der Waals surface area contributed by atoms with Crippen LogP contribution in [0.4, 0.5) is 0 Å². The predicted molar refractivity (Wildman–Crippen MR) is 57.9 cm³/mol. The Morgan fingerprint density at radius 3 is 2.37 bits per heavy atom. The van der Waals surface area contributed by atoms with Crippen LogP contribution in [-0.4, -0.2) is 48.6 Å². The molecule has 0 bridgehead atoms. The van der Waals surface area contributed by atoms with Crippen molar-refractivity contribution in [2.45, 2.75) is 25.4 Å². The van der Waals surface area contributed by atoms with Crippen molar-refractivity contribution >= 4 is 23.8 Å². The van der Waals surface area contributed by atoms with E-state index in [0.29, 0.717) is 5.06 Å². The number of imide groups is 1. The molecule has 0 aliphatic carbocycles. The standard InChI is InChI=1S/C11H13NO7/c1-7(18-11(16)6-17-2)5-10(15)19-12-8(13)3-4-9(12)14/h1,7H,3-6H2,2H3. The molecule has 0 spiro atoms. The number of nitrogens with zero attached hydrogens (tertiary/aromatic N) is 1. The van der Waals surface area contributed by atoms with Crippen molar-refractivity contribution < 1.29 is 33.5 Å². The number of esters is 1. The smallest absolute Gasteiger partial charge is 0.336 e. The largest absolute Gasteiger partial charge is 0.460 e. The van der Waals surface area contributed by atoms with Crippen molar-refractivity contribution in [2.75, 3.05) is 13.7 Å². The number of hydroxylamine groups is 2. The third kappa shape index (κ3) is 4.66. The van der Waals surface area contributed by atoms with Gasteiger partial charge in [-0.2, -0.15) is 0 Å². The van der Waals surface area contributed by atoms with E-state index in [2.05, 4.69) is 14.3 Å². The van der Waals surface area contributed by atoms with E-state index in [4.69, 9.17) is 6.92 Å². The second kappa shape index (κ2) is 6.83. The van der Waals surface area contributed by atoms with Crippen LogP contribution in [-0.2, 0) is 33.5 Å². The number of ether oxygens (including phenoxy) is 2. The highest BCUT2D eigenvalue weighted by atomic mass is 16.7. The third-order valence-corrected chi connectivity index (χ3v) is 2.11. The number of rotatable bonds is 6. The number of amides is 2. The lowest BCUT2D eigenvalue weighted by Crippen LogP contribution is -2.33. The number of hydrogen-bond acceptors (Lipinski definition) is 7. The lowest BCUT2D eigenvalue weighted by molar-refractivity contribution is -0.199. The van der Waals surface area contributed by atoms with Gasteiger partial charge in [0, 0.05) is 26.9 Å². The summed E-state index contributed by atoms with van der Waals surface area (Å²) in [6.07, 6.45) is -1.71. The van der Waals surface area contributed by atoms with Crippen molar-refractivity contribution in [3.05, 3.63) is 6.92 Å². The number of methoxy groups -OCH3 is 1. The lowest BCUT2D eigenvalue weighted by Gasteiger charge is -2.15. The number of hydrogen-bond donors (Lipinski definition) is 0. The summed E-state index contributed by atoms with van der Waals surface area (Å²) < 4.78 is 9.11. The zero-order chi connectivity index (χ0) is 14.4. The van der Waals surface area contributed by atoms with Crippen LogP contribution in [0, 0.1) is 6.92 Å². The van der Waals surface area contributed by atoms with Crippen LogP contribution >= 0.6 is 0 Å². The van der Waals surface area contributed by atoms with Crippen molar-refractivity contribution in [2.24, 2.45) is 0 Å². The van der Waals surface area contributed by atoms with Gasteiger partial charge >= 0.3 is 11.9 Å². The molecule has 1 fully saturated rings. The normalized spacial score (nSPS) is 16.4. The van der Waals surface area contributed by atoms with Gasteiger partial charge in [-0.25, -0.2) is 9.59 Å². The van der Waals surface area contributed by atoms with Crippen LogP contribution in [0.5, 0.6) is 0 Å².